The lowest BCUT2D eigenvalue weighted by atomic mass is 9.38. The second-order valence-corrected chi connectivity index (χ2v) is 7.39. The molecule has 0 saturated heterocycles. The third kappa shape index (κ3) is 1.58. The zero-order valence-corrected chi connectivity index (χ0v) is 13.2. The van der Waals surface area contributed by atoms with Crippen LogP contribution in [0.2, 0.25) is 0 Å². The van der Waals surface area contributed by atoms with Gasteiger partial charge in [-0.1, -0.05) is 12.2 Å². The molecule has 0 amide bonds. The van der Waals surface area contributed by atoms with Crippen molar-refractivity contribution in [1.29, 1.82) is 21.0 Å². The molecular formula is C18H16N4O. The van der Waals surface area contributed by atoms with Crippen molar-refractivity contribution in [3.8, 4) is 24.3 Å². The van der Waals surface area contributed by atoms with E-state index in [0.717, 1.165) is 5.76 Å². The topological polar surface area (TPSA) is 104 Å². The highest BCUT2D eigenvalue weighted by atomic mass is 16.5. The molecule has 5 nitrogen and oxygen atoms in total. The number of ether oxygens (including phenoxy) is 1. The fraction of sp³-hybridized carbons (Fsp3) is 0.556. The molecule has 0 heterocycles. The summed E-state index contributed by atoms with van der Waals surface area (Å²) in [5.74, 6) is -0.343. The Kier molecular flexibility index (Phi) is 2.88. The van der Waals surface area contributed by atoms with Crippen LogP contribution in [0.4, 0.5) is 0 Å². The van der Waals surface area contributed by atoms with Gasteiger partial charge in [-0.05, 0) is 32.8 Å². The Morgan fingerprint density at radius 2 is 1.39 bits per heavy atom. The number of nitrogens with zero attached hydrogens (tertiary/aromatic N) is 4. The molecule has 23 heavy (non-hydrogen) atoms. The second-order valence-electron chi connectivity index (χ2n) is 7.39. The molecule has 4 aliphatic carbocycles. The van der Waals surface area contributed by atoms with Crippen LogP contribution in [0.3, 0.4) is 0 Å². The molecule has 0 aliphatic heterocycles. The van der Waals surface area contributed by atoms with Gasteiger partial charge in [0.05, 0.1) is 30.0 Å². The van der Waals surface area contributed by atoms with Gasteiger partial charge in [-0.2, -0.15) is 21.0 Å². The first-order chi connectivity index (χ1) is 10.8. The molecule has 0 aromatic carbocycles. The molecule has 4 rings (SSSR count). The molecule has 4 atom stereocenters. The van der Waals surface area contributed by atoms with E-state index >= 15 is 0 Å². The first-order valence-electron chi connectivity index (χ1n) is 7.54. The highest BCUT2D eigenvalue weighted by Gasteiger charge is 2.73. The van der Waals surface area contributed by atoms with E-state index in [9.17, 15) is 21.0 Å². The summed E-state index contributed by atoms with van der Waals surface area (Å²) in [5, 5.41) is 38.8. The first-order valence-corrected chi connectivity index (χ1v) is 7.54. The summed E-state index contributed by atoms with van der Waals surface area (Å²) in [7, 11) is 0. The third-order valence-corrected chi connectivity index (χ3v) is 5.18. The van der Waals surface area contributed by atoms with Gasteiger partial charge in [0.15, 0.2) is 10.8 Å². The van der Waals surface area contributed by atoms with Gasteiger partial charge in [0.25, 0.3) is 0 Å². The molecule has 0 radical (unpaired) electrons. The SMILES string of the molecule is CC(C)(C)OC1=C[C@H]2[C@@H]1[C@H]1C=C[C@H]2C(C#N)(C#N)C1(C#N)C#N. The van der Waals surface area contributed by atoms with Crippen LogP contribution >= 0.6 is 0 Å². The van der Waals surface area contributed by atoms with E-state index in [-0.39, 0.29) is 17.4 Å². The molecule has 4 aliphatic rings. The minimum Gasteiger partial charge on any atom is -0.492 e. The Bertz CT molecular complexity index is 759. The van der Waals surface area contributed by atoms with Gasteiger partial charge < -0.3 is 4.74 Å². The van der Waals surface area contributed by atoms with E-state index in [1.165, 1.54) is 0 Å². The Morgan fingerprint density at radius 1 is 0.913 bits per heavy atom. The van der Waals surface area contributed by atoms with Crippen LogP contribution in [0.1, 0.15) is 20.8 Å². The molecule has 0 unspecified atom stereocenters. The number of allylic oxidation sites excluding steroid dienone is 4. The van der Waals surface area contributed by atoms with Gasteiger partial charge in [0.1, 0.15) is 5.60 Å². The number of fused-ring (bicyclic) bond motifs is 1. The summed E-state index contributed by atoms with van der Waals surface area (Å²) in [6.07, 6.45) is 5.60. The van der Waals surface area contributed by atoms with E-state index in [1.54, 1.807) is 0 Å². The Balaban J connectivity index is 2.14. The molecule has 114 valence electrons. The van der Waals surface area contributed by atoms with Crippen molar-refractivity contribution in [3.05, 3.63) is 24.0 Å². The molecule has 1 fully saturated rings. The zero-order chi connectivity index (χ0) is 17.0. The van der Waals surface area contributed by atoms with Crippen LogP contribution in [0, 0.1) is 79.8 Å². The van der Waals surface area contributed by atoms with Crippen molar-refractivity contribution >= 4 is 0 Å². The fourth-order valence-electron chi connectivity index (χ4n) is 4.24. The molecular weight excluding hydrogens is 288 g/mol. The third-order valence-electron chi connectivity index (χ3n) is 5.18. The van der Waals surface area contributed by atoms with E-state index < -0.39 is 22.7 Å². The van der Waals surface area contributed by atoms with Crippen LogP contribution in [-0.2, 0) is 4.74 Å². The van der Waals surface area contributed by atoms with Gasteiger partial charge in [-0.25, -0.2) is 0 Å². The summed E-state index contributed by atoms with van der Waals surface area (Å²) in [4.78, 5) is 0. The van der Waals surface area contributed by atoms with E-state index in [1.807, 2.05) is 63.3 Å². The number of hydrogen-bond donors (Lipinski definition) is 0. The van der Waals surface area contributed by atoms with E-state index in [4.69, 9.17) is 4.74 Å². The Morgan fingerprint density at radius 3 is 1.87 bits per heavy atom. The highest BCUT2D eigenvalue weighted by Crippen LogP contribution is 2.68. The zero-order valence-electron chi connectivity index (χ0n) is 13.2. The average molecular weight is 304 g/mol. The molecule has 0 aromatic rings. The van der Waals surface area contributed by atoms with E-state index in [0.29, 0.717) is 0 Å². The van der Waals surface area contributed by atoms with Gasteiger partial charge in [0.2, 0.25) is 0 Å². The highest BCUT2D eigenvalue weighted by molar-refractivity contribution is 5.49. The lowest BCUT2D eigenvalue weighted by Gasteiger charge is -2.59. The predicted octanol–water partition coefficient (Wildman–Crippen LogP) is 2.81. The lowest BCUT2D eigenvalue weighted by Crippen LogP contribution is -2.63. The van der Waals surface area contributed by atoms with Crippen LogP contribution < -0.4 is 0 Å². The molecule has 0 N–H and O–H groups in total. The molecule has 1 saturated carbocycles. The normalized spacial score (nSPS) is 34.5. The van der Waals surface area contributed by atoms with E-state index in [2.05, 4.69) is 0 Å². The second kappa shape index (κ2) is 4.38. The monoisotopic (exact) mass is 304 g/mol. The number of nitriles is 4. The number of hydrogen-bond acceptors (Lipinski definition) is 5. The smallest absolute Gasteiger partial charge is 0.182 e. The molecule has 0 spiro atoms. The van der Waals surface area contributed by atoms with Crippen LogP contribution in [-0.4, -0.2) is 5.60 Å². The fourth-order valence-corrected chi connectivity index (χ4v) is 4.24. The van der Waals surface area contributed by atoms with Crippen molar-refractivity contribution < 1.29 is 4.74 Å². The van der Waals surface area contributed by atoms with Gasteiger partial charge >= 0.3 is 0 Å². The number of rotatable bonds is 1. The van der Waals surface area contributed by atoms with Crippen LogP contribution in [0.25, 0.3) is 0 Å². The standard InChI is InChI=1S/C18H16N4O/c1-16(2,3)23-14-6-11-12-4-5-13(15(11)14)18(9-21,10-22)17(12,7-19)8-20/h4-6,11-13,15H,1-3H3/t11-,12-,13-,15-/m1/s1. The lowest BCUT2D eigenvalue weighted by molar-refractivity contribution is -0.0644. The maximum Gasteiger partial charge on any atom is 0.182 e. The van der Waals surface area contributed by atoms with Crippen molar-refractivity contribution in [2.45, 2.75) is 26.4 Å². The molecule has 2 bridgehead atoms. The van der Waals surface area contributed by atoms with Gasteiger partial charge in [-0.3, -0.25) is 0 Å². The van der Waals surface area contributed by atoms with Crippen molar-refractivity contribution in [3.63, 3.8) is 0 Å². The Labute approximate surface area is 135 Å². The summed E-state index contributed by atoms with van der Waals surface area (Å²) in [5.41, 5.74) is -3.68. The summed E-state index contributed by atoms with van der Waals surface area (Å²) in [6.45, 7) is 5.82. The van der Waals surface area contributed by atoms with Crippen molar-refractivity contribution in [2.24, 2.45) is 34.5 Å². The average Bonchev–Trinajstić information content (AvgIpc) is 2.50. The minimum atomic E-state index is -1.67. The summed E-state index contributed by atoms with van der Waals surface area (Å²) in [6, 6.07) is 8.06. The summed E-state index contributed by atoms with van der Waals surface area (Å²) >= 11 is 0. The predicted molar refractivity (Wildman–Crippen MR) is 79.3 cm³/mol. The molecule has 5 heteroatoms. The van der Waals surface area contributed by atoms with Crippen molar-refractivity contribution in [1.82, 2.24) is 0 Å². The maximum atomic E-state index is 9.74. The Hall–Kier alpha value is -2.76. The van der Waals surface area contributed by atoms with Crippen LogP contribution in [0.15, 0.2) is 24.0 Å². The van der Waals surface area contributed by atoms with Gasteiger partial charge in [-0.15, -0.1) is 0 Å². The summed E-state index contributed by atoms with van der Waals surface area (Å²) < 4.78 is 5.96. The van der Waals surface area contributed by atoms with Crippen molar-refractivity contribution in [2.75, 3.05) is 0 Å². The van der Waals surface area contributed by atoms with Crippen LogP contribution in [0.5, 0.6) is 0 Å². The quantitative estimate of drug-likeness (QED) is 0.693. The largest absolute Gasteiger partial charge is 0.492 e. The molecule has 0 aromatic heterocycles. The first kappa shape index (κ1) is 15.1. The van der Waals surface area contributed by atoms with Gasteiger partial charge in [0, 0.05) is 17.8 Å². The maximum absolute atomic E-state index is 9.74. The minimum absolute atomic E-state index is 0.0310.